The van der Waals surface area contributed by atoms with Gasteiger partial charge in [-0.05, 0) is 44.9 Å². The lowest BCUT2D eigenvalue weighted by Crippen LogP contribution is -2.37. The van der Waals surface area contributed by atoms with Crippen LogP contribution >= 0.6 is 0 Å². The molecule has 7 heteroatoms. The Kier molecular flexibility index (Phi) is 6.20. The normalized spacial score (nSPS) is 13.9. The highest BCUT2D eigenvalue weighted by Gasteiger charge is 2.30. The van der Waals surface area contributed by atoms with Crippen LogP contribution in [0.5, 0.6) is 5.75 Å². The molecule has 0 amide bonds. The molecule has 1 aromatic carbocycles. The van der Waals surface area contributed by atoms with Crippen molar-refractivity contribution in [3.63, 3.8) is 0 Å². The predicted octanol–water partition coefficient (Wildman–Crippen LogP) is 3.06. The molecule has 0 aliphatic heterocycles. The molecular formula is C22H27N3O4. The lowest BCUT2D eigenvalue weighted by atomic mass is 10.0. The van der Waals surface area contributed by atoms with Crippen molar-refractivity contribution in [3.05, 3.63) is 60.0 Å². The first-order valence-electron chi connectivity index (χ1n) is 9.60. The summed E-state index contributed by atoms with van der Waals surface area (Å²) < 4.78 is 5.74. The van der Waals surface area contributed by atoms with Crippen LogP contribution in [0.1, 0.15) is 38.0 Å². The largest absolute Gasteiger partial charge is 0.478 e. The summed E-state index contributed by atoms with van der Waals surface area (Å²) in [5, 5.41) is 23.9. The summed E-state index contributed by atoms with van der Waals surface area (Å²) >= 11 is 0. The number of hydrogen-bond acceptors (Lipinski definition) is 5. The molecule has 0 bridgehead atoms. The molecule has 4 N–H and O–H groups in total. The van der Waals surface area contributed by atoms with Crippen molar-refractivity contribution >= 4 is 16.9 Å². The SMILES string of the molecule is C[C@H](Cc1c[nH]c2c(OC(C)(C)C(=O)O)cccc12)NC[C@@H](O)c1cccnc1. The standard InChI is InChI=1S/C22H27N3O4/c1-14(24-13-18(26)15-6-5-9-23-11-15)10-16-12-25-20-17(16)7-4-8-19(20)29-22(2,3)21(27)28/h4-9,11-12,14,18,24-26H,10,13H2,1-3H3,(H,27,28)/t14-,18-/m1/s1. The van der Waals surface area contributed by atoms with Crippen molar-refractivity contribution in [1.29, 1.82) is 0 Å². The number of hydrogen-bond donors (Lipinski definition) is 4. The molecule has 0 unspecified atom stereocenters. The van der Waals surface area contributed by atoms with E-state index >= 15 is 0 Å². The first kappa shape index (κ1) is 20.8. The van der Waals surface area contributed by atoms with Crippen LogP contribution in [-0.2, 0) is 11.2 Å². The number of carboxylic acid groups (broad SMARTS) is 1. The number of benzene rings is 1. The van der Waals surface area contributed by atoms with Gasteiger partial charge in [-0.3, -0.25) is 4.98 Å². The van der Waals surface area contributed by atoms with Gasteiger partial charge in [-0.2, -0.15) is 0 Å². The first-order chi connectivity index (χ1) is 13.8. The fourth-order valence-electron chi connectivity index (χ4n) is 3.16. The fraction of sp³-hybridized carbons (Fsp3) is 0.364. The van der Waals surface area contributed by atoms with Gasteiger partial charge in [-0.25, -0.2) is 4.79 Å². The van der Waals surface area contributed by atoms with E-state index < -0.39 is 17.7 Å². The molecule has 0 saturated heterocycles. The van der Waals surface area contributed by atoms with Gasteiger partial charge in [0.15, 0.2) is 5.60 Å². The van der Waals surface area contributed by atoms with E-state index in [0.29, 0.717) is 12.3 Å². The Morgan fingerprint density at radius 3 is 2.79 bits per heavy atom. The van der Waals surface area contributed by atoms with E-state index in [2.05, 4.69) is 22.2 Å². The number of aromatic nitrogens is 2. The second kappa shape index (κ2) is 8.63. The minimum absolute atomic E-state index is 0.125. The van der Waals surface area contributed by atoms with E-state index in [1.807, 2.05) is 24.4 Å². The van der Waals surface area contributed by atoms with Crippen molar-refractivity contribution in [2.75, 3.05) is 6.54 Å². The number of para-hydroxylation sites is 1. The number of H-pyrrole nitrogens is 1. The Balaban J connectivity index is 1.67. The highest BCUT2D eigenvalue weighted by Crippen LogP contribution is 2.30. The number of fused-ring (bicyclic) bond motifs is 1. The number of nitrogens with one attached hydrogen (secondary N) is 2. The Bertz CT molecular complexity index is 969. The van der Waals surface area contributed by atoms with Crippen LogP contribution in [-0.4, -0.2) is 44.3 Å². The minimum atomic E-state index is -1.32. The van der Waals surface area contributed by atoms with Gasteiger partial charge in [0.25, 0.3) is 0 Å². The van der Waals surface area contributed by atoms with Crippen LogP contribution in [0.4, 0.5) is 0 Å². The van der Waals surface area contributed by atoms with Gasteiger partial charge < -0.3 is 25.3 Å². The zero-order chi connectivity index (χ0) is 21.0. The van der Waals surface area contributed by atoms with Crippen LogP contribution in [0.15, 0.2) is 48.9 Å². The van der Waals surface area contributed by atoms with E-state index in [9.17, 15) is 15.0 Å². The topological polar surface area (TPSA) is 107 Å². The van der Waals surface area contributed by atoms with E-state index in [-0.39, 0.29) is 6.04 Å². The van der Waals surface area contributed by atoms with Crippen molar-refractivity contribution in [2.24, 2.45) is 0 Å². The van der Waals surface area contributed by atoms with Crippen molar-refractivity contribution in [2.45, 2.75) is 44.9 Å². The molecule has 0 fully saturated rings. The molecule has 0 saturated carbocycles. The lowest BCUT2D eigenvalue weighted by molar-refractivity contribution is -0.152. The molecule has 3 aromatic rings. The smallest absolute Gasteiger partial charge is 0.347 e. The molecule has 0 aliphatic rings. The number of aromatic amines is 1. The lowest BCUT2D eigenvalue weighted by Gasteiger charge is -2.22. The second-order valence-electron chi connectivity index (χ2n) is 7.73. The highest BCUT2D eigenvalue weighted by atomic mass is 16.5. The van der Waals surface area contributed by atoms with Crippen LogP contribution in [0.3, 0.4) is 0 Å². The summed E-state index contributed by atoms with van der Waals surface area (Å²) in [5.74, 6) is -0.514. The van der Waals surface area contributed by atoms with Gasteiger partial charge in [0.05, 0.1) is 11.6 Å². The quantitative estimate of drug-likeness (QED) is 0.442. The number of aliphatic hydroxyl groups is 1. The van der Waals surface area contributed by atoms with Gasteiger partial charge in [0.2, 0.25) is 0 Å². The van der Waals surface area contributed by atoms with E-state index in [1.165, 1.54) is 13.8 Å². The zero-order valence-corrected chi connectivity index (χ0v) is 16.8. The monoisotopic (exact) mass is 397 g/mol. The molecule has 2 heterocycles. The number of rotatable bonds is 9. The summed E-state index contributed by atoms with van der Waals surface area (Å²) in [7, 11) is 0. The van der Waals surface area contributed by atoms with Crippen molar-refractivity contribution in [3.8, 4) is 5.75 Å². The summed E-state index contributed by atoms with van der Waals surface area (Å²) in [6.07, 6.45) is 5.38. The summed E-state index contributed by atoms with van der Waals surface area (Å²) in [5.41, 5.74) is 1.33. The van der Waals surface area contributed by atoms with Crippen molar-refractivity contribution < 1.29 is 19.7 Å². The maximum absolute atomic E-state index is 11.4. The number of aliphatic carboxylic acids is 1. The number of carboxylic acids is 1. The van der Waals surface area contributed by atoms with Crippen LogP contribution in [0, 0.1) is 0 Å². The zero-order valence-electron chi connectivity index (χ0n) is 16.8. The van der Waals surface area contributed by atoms with E-state index in [1.54, 1.807) is 24.5 Å². The number of aliphatic hydroxyl groups excluding tert-OH is 1. The van der Waals surface area contributed by atoms with E-state index in [4.69, 9.17) is 4.74 Å². The minimum Gasteiger partial charge on any atom is -0.478 e. The first-order valence-corrected chi connectivity index (χ1v) is 9.60. The Hall–Kier alpha value is -2.90. The molecular weight excluding hydrogens is 370 g/mol. The molecule has 29 heavy (non-hydrogen) atoms. The Morgan fingerprint density at radius 1 is 1.31 bits per heavy atom. The van der Waals surface area contributed by atoms with E-state index in [0.717, 1.165) is 28.5 Å². The number of nitrogens with zero attached hydrogens (tertiary/aromatic N) is 1. The van der Waals surface area contributed by atoms with Gasteiger partial charge in [0, 0.05) is 42.1 Å². The molecule has 2 aromatic heterocycles. The van der Waals surface area contributed by atoms with Gasteiger partial charge >= 0.3 is 5.97 Å². The molecule has 0 spiro atoms. The number of pyridine rings is 1. The molecule has 0 aliphatic carbocycles. The average molecular weight is 397 g/mol. The van der Waals surface area contributed by atoms with Crippen molar-refractivity contribution in [1.82, 2.24) is 15.3 Å². The number of ether oxygens (including phenoxy) is 1. The van der Waals surface area contributed by atoms with Crippen LogP contribution in [0.2, 0.25) is 0 Å². The summed E-state index contributed by atoms with van der Waals surface area (Å²) in [4.78, 5) is 18.6. The third-order valence-corrected chi connectivity index (χ3v) is 4.90. The maximum atomic E-state index is 11.4. The maximum Gasteiger partial charge on any atom is 0.347 e. The Labute approximate surface area is 169 Å². The molecule has 3 rings (SSSR count). The molecule has 0 radical (unpaired) electrons. The number of carbonyl (C=O) groups is 1. The molecule has 7 nitrogen and oxygen atoms in total. The third kappa shape index (κ3) is 4.93. The highest BCUT2D eigenvalue weighted by molar-refractivity contribution is 5.89. The fourth-order valence-corrected chi connectivity index (χ4v) is 3.16. The predicted molar refractivity (Wildman–Crippen MR) is 111 cm³/mol. The summed E-state index contributed by atoms with van der Waals surface area (Å²) in [6, 6.07) is 9.39. The van der Waals surface area contributed by atoms with Gasteiger partial charge in [-0.1, -0.05) is 18.2 Å². The summed E-state index contributed by atoms with van der Waals surface area (Å²) in [6.45, 7) is 5.54. The molecule has 154 valence electrons. The second-order valence-corrected chi connectivity index (χ2v) is 7.73. The Morgan fingerprint density at radius 2 is 2.10 bits per heavy atom. The molecule has 2 atom stereocenters. The third-order valence-electron chi connectivity index (χ3n) is 4.90. The van der Waals surface area contributed by atoms with Crippen LogP contribution in [0.25, 0.3) is 10.9 Å². The van der Waals surface area contributed by atoms with Crippen LogP contribution < -0.4 is 10.1 Å². The van der Waals surface area contributed by atoms with Gasteiger partial charge in [-0.15, -0.1) is 0 Å². The average Bonchev–Trinajstić information content (AvgIpc) is 3.10. The van der Waals surface area contributed by atoms with Gasteiger partial charge in [0.1, 0.15) is 5.75 Å².